The van der Waals surface area contributed by atoms with Gasteiger partial charge in [0, 0.05) is 0 Å². The Morgan fingerprint density at radius 1 is 1.22 bits per heavy atom. The van der Waals surface area contributed by atoms with Crippen molar-refractivity contribution in [2.45, 2.75) is 53.1 Å². The van der Waals surface area contributed by atoms with Crippen LogP contribution in [0.1, 0.15) is 44.2 Å². The van der Waals surface area contributed by atoms with Crippen molar-refractivity contribution >= 4 is 0 Å². The average molecular weight is 249 g/mol. The lowest BCUT2D eigenvalue weighted by atomic mass is 10.1. The molecular weight excluding hydrogens is 222 g/mol. The van der Waals surface area contributed by atoms with E-state index in [1.54, 1.807) is 0 Å². The highest BCUT2D eigenvalue weighted by molar-refractivity contribution is 5.35. The van der Waals surface area contributed by atoms with E-state index in [0.29, 0.717) is 0 Å². The SMILES string of the molecule is CCCNCCCC(C)Oc1ccc(C)cc1C. The largest absolute Gasteiger partial charge is 0.490 e. The van der Waals surface area contributed by atoms with Crippen molar-refractivity contribution in [2.75, 3.05) is 13.1 Å². The molecule has 1 rings (SSSR count). The molecule has 0 aromatic heterocycles. The van der Waals surface area contributed by atoms with Gasteiger partial charge in [-0.2, -0.15) is 0 Å². The van der Waals surface area contributed by atoms with E-state index in [-0.39, 0.29) is 6.10 Å². The van der Waals surface area contributed by atoms with Gasteiger partial charge >= 0.3 is 0 Å². The molecule has 0 amide bonds. The molecule has 0 radical (unpaired) electrons. The van der Waals surface area contributed by atoms with Gasteiger partial charge in [-0.25, -0.2) is 0 Å². The van der Waals surface area contributed by atoms with Crippen molar-refractivity contribution in [1.29, 1.82) is 0 Å². The van der Waals surface area contributed by atoms with Crippen LogP contribution in [0.5, 0.6) is 5.75 Å². The molecule has 0 bridgehead atoms. The third-order valence-electron chi connectivity index (χ3n) is 3.05. The lowest BCUT2D eigenvalue weighted by Gasteiger charge is -2.16. The van der Waals surface area contributed by atoms with Crippen LogP contribution in [0.2, 0.25) is 0 Å². The maximum atomic E-state index is 5.98. The third-order valence-corrected chi connectivity index (χ3v) is 3.05. The Labute approximate surface area is 112 Å². The van der Waals surface area contributed by atoms with Crippen LogP contribution in [0.3, 0.4) is 0 Å². The number of benzene rings is 1. The van der Waals surface area contributed by atoms with E-state index < -0.39 is 0 Å². The van der Waals surface area contributed by atoms with Gasteiger partial charge in [-0.3, -0.25) is 0 Å². The van der Waals surface area contributed by atoms with Crippen molar-refractivity contribution in [3.63, 3.8) is 0 Å². The van der Waals surface area contributed by atoms with Crippen LogP contribution >= 0.6 is 0 Å². The molecule has 1 aromatic carbocycles. The van der Waals surface area contributed by atoms with Gasteiger partial charge in [-0.15, -0.1) is 0 Å². The Bertz CT molecular complexity index is 349. The van der Waals surface area contributed by atoms with Gasteiger partial charge in [-0.05, 0) is 64.8 Å². The summed E-state index contributed by atoms with van der Waals surface area (Å²) in [6, 6.07) is 6.36. The smallest absolute Gasteiger partial charge is 0.122 e. The van der Waals surface area contributed by atoms with Gasteiger partial charge < -0.3 is 10.1 Å². The molecule has 1 aromatic rings. The first-order valence-electron chi connectivity index (χ1n) is 7.08. The van der Waals surface area contributed by atoms with Gasteiger partial charge in [0.05, 0.1) is 6.10 Å². The summed E-state index contributed by atoms with van der Waals surface area (Å²) in [5.74, 6) is 1.02. The predicted molar refractivity (Wildman–Crippen MR) is 78.4 cm³/mol. The monoisotopic (exact) mass is 249 g/mol. The zero-order valence-electron chi connectivity index (χ0n) is 12.3. The molecule has 0 heterocycles. The van der Waals surface area contributed by atoms with Crippen LogP contribution in [0, 0.1) is 13.8 Å². The molecule has 0 aliphatic rings. The lowest BCUT2D eigenvalue weighted by Crippen LogP contribution is -2.19. The Kier molecular flexibility index (Phi) is 6.81. The topological polar surface area (TPSA) is 21.3 Å². The number of hydrogen-bond donors (Lipinski definition) is 1. The van der Waals surface area contributed by atoms with E-state index in [1.165, 1.54) is 24.0 Å². The fraction of sp³-hybridized carbons (Fsp3) is 0.625. The summed E-state index contributed by atoms with van der Waals surface area (Å²) in [5, 5.41) is 3.42. The summed E-state index contributed by atoms with van der Waals surface area (Å²) in [4.78, 5) is 0. The minimum absolute atomic E-state index is 0.287. The number of nitrogens with one attached hydrogen (secondary N) is 1. The van der Waals surface area contributed by atoms with Gasteiger partial charge in [0.2, 0.25) is 0 Å². The molecule has 0 aliphatic heterocycles. The van der Waals surface area contributed by atoms with Crippen LogP contribution in [-0.4, -0.2) is 19.2 Å². The van der Waals surface area contributed by atoms with Crippen molar-refractivity contribution in [2.24, 2.45) is 0 Å². The quantitative estimate of drug-likeness (QED) is 0.707. The number of rotatable bonds is 8. The summed E-state index contributed by atoms with van der Waals surface area (Å²) < 4.78 is 5.98. The van der Waals surface area contributed by atoms with Gasteiger partial charge in [0.15, 0.2) is 0 Å². The highest BCUT2D eigenvalue weighted by Crippen LogP contribution is 2.20. The highest BCUT2D eigenvalue weighted by Gasteiger charge is 2.06. The van der Waals surface area contributed by atoms with E-state index in [4.69, 9.17) is 4.74 Å². The van der Waals surface area contributed by atoms with Crippen LogP contribution in [0.25, 0.3) is 0 Å². The van der Waals surface area contributed by atoms with E-state index >= 15 is 0 Å². The molecule has 0 saturated carbocycles. The molecule has 0 saturated heterocycles. The molecule has 0 fully saturated rings. The van der Waals surface area contributed by atoms with E-state index in [0.717, 1.165) is 25.3 Å². The van der Waals surface area contributed by atoms with E-state index in [1.807, 2.05) is 0 Å². The first-order chi connectivity index (χ1) is 8.63. The average Bonchev–Trinajstić information content (AvgIpc) is 2.32. The highest BCUT2D eigenvalue weighted by atomic mass is 16.5. The second kappa shape index (κ2) is 8.15. The summed E-state index contributed by atoms with van der Waals surface area (Å²) in [6.07, 6.45) is 3.76. The molecule has 1 unspecified atom stereocenters. The summed E-state index contributed by atoms with van der Waals surface area (Å²) in [7, 11) is 0. The van der Waals surface area contributed by atoms with Crippen molar-refractivity contribution in [1.82, 2.24) is 5.32 Å². The molecule has 102 valence electrons. The second-order valence-corrected chi connectivity index (χ2v) is 5.09. The van der Waals surface area contributed by atoms with Crippen molar-refractivity contribution < 1.29 is 4.74 Å². The lowest BCUT2D eigenvalue weighted by molar-refractivity contribution is 0.206. The number of hydrogen-bond acceptors (Lipinski definition) is 2. The molecule has 1 N–H and O–H groups in total. The predicted octanol–water partition coefficient (Wildman–Crippen LogP) is 3.85. The van der Waals surface area contributed by atoms with Crippen LogP contribution < -0.4 is 10.1 Å². The fourth-order valence-corrected chi connectivity index (χ4v) is 2.02. The molecular formula is C16H27NO. The zero-order valence-corrected chi connectivity index (χ0v) is 12.3. The summed E-state index contributed by atoms with van der Waals surface area (Å²) in [5.41, 5.74) is 2.52. The second-order valence-electron chi connectivity index (χ2n) is 5.09. The van der Waals surface area contributed by atoms with Crippen molar-refractivity contribution in [3.8, 4) is 5.75 Å². The van der Waals surface area contributed by atoms with Gasteiger partial charge in [0.25, 0.3) is 0 Å². The Morgan fingerprint density at radius 3 is 2.67 bits per heavy atom. The molecule has 0 spiro atoms. The summed E-state index contributed by atoms with van der Waals surface area (Å²) in [6.45, 7) is 10.8. The number of aryl methyl sites for hydroxylation is 2. The third kappa shape index (κ3) is 5.54. The Balaban J connectivity index is 2.28. The first kappa shape index (κ1) is 15.0. The normalized spacial score (nSPS) is 12.4. The van der Waals surface area contributed by atoms with Crippen LogP contribution in [-0.2, 0) is 0 Å². The minimum Gasteiger partial charge on any atom is -0.490 e. The van der Waals surface area contributed by atoms with Crippen LogP contribution in [0.4, 0.5) is 0 Å². The molecule has 2 nitrogen and oxygen atoms in total. The number of ether oxygens (including phenoxy) is 1. The van der Waals surface area contributed by atoms with Gasteiger partial charge in [-0.1, -0.05) is 24.6 Å². The maximum absolute atomic E-state index is 5.98. The standard InChI is InChI=1S/C16H27NO/c1-5-10-17-11-6-7-15(4)18-16-9-8-13(2)12-14(16)3/h8-9,12,15,17H,5-7,10-11H2,1-4H3. The minimum atomic E-state index is 0.287. The Morgan fingerprint density at radius 2 is 2.00 bits per heavy atom. The zero-order chi connectivity index (χ0) is 13.4. The van der Waals surface area contributed by atoms with Gasteiger partial charge in [0.1, 0.15) is 5.75 Å². The van der Waals surface area contributed by atoms with Crippen molar-refractivity contribution in [3.05, 3.63) is 29.3 Å². The van der Waals surface area contributed by atoms with E-state index in [9.17, 15) is 0 Å². The molecule has 0 aliphatic carbocycles. The first-order valence-corrected chi connectivity index (χ1v) is 7.08. The molecule has 1 atom stereocenters. The van der Waals surface area contributed by atoms with Crippen LogP contribution in [0.15, 0.2) is 18.2 Å². The summed E-state index contributed by atoms with van der Waals surface area (Å²) >= 11 is 0. The maximum Gasteiger partial charge on any atom is 0.122 e. The fourth-order valence-electron chi connectivity index (χ4n) is 2.02. The molecule has 2 heteroatoms. The van der Waals surface area contributed by atoms with E-state index in [2.05, 4.69) is 51.2 Å². The Hall–Kier alpha value is -1.02. The molecule has 18 heavy (non-hydrogen) atoms.